The number of benzene rings is 1. The molecule has 7 heteroatoms. The highest BCUT2D eigenvalue weighted by Crippen LogP contribution is 2.25. The Morgan fingerprint density at radius 3 is 2.48 bits per heavy atom. The summed E-state index contributed by atoms with van der Waals surface area (Å²) in [6.45, 7) is 2.48. The summed E-state index contributed by atoms with van der Waals surface area (Å²) in [4.78, 5) is 33.5. The molecule has 1 aliphatic carbocycles. The highest BCUT2D eigenvalue weighted by Gasteiger charge is 2.23. The maximum absolute atomic E-state index is 14.0. The predicted octanol–water partition coefficient (Wildman–Crippen LogP) is 4.09. The number of aromatic nitrogens is 1. The van der Waals surface area contributed by atoms with Crippen LogP contribution in [0.2, 0.25) is 0 Å². The van der Waals surface area contributed by atoms with Crippen LogP contribution in [0.1, 0.15) is 48.9 Å². The van der Waals surface area contributed by atoms with E-state index in [0.717, 1.165) is 44.5 Å². The summed E-state index contributed by atoms with van der Waals surface area (Å²) in [5.41, 5.74) is 0.831. The molecule has 0 radical (unpaired) electrons. The molecule has 6 nitrogen and oxygen atoms in total. The van der Waals surface area contributed by atoms with Gasteiger partial charge in [-0.15, -0.1) is 0 Å². The smallest absolute Gasteiger partial charge is 0.256 e. The Labute approximate surface area is 182 Å². The number of amides is 2. The van der Waals surface area contributed by atoms with E-state index < -0.39 is 5.82 Å². The van der Waals surface area contributed by atoms with Crippen molar-refractivity contribution in [2.24, 2.45) is 5.92 Å². The third kappa shape index (κ3) is 5.21. The number of hydrogen-bond acceptors (Lipinski definition) is 4. The zero-order valence-electron chi connectivity index (χ0n) is 17.7. The number of rotatable bonds is 4. The Morgan fingerprint density at radius 2 is 1.74 bits per heavy atom. The highest BCUT2D eigenvalue weighted by atomic mass is 19.1. The lowest BCUT2D eigenvalue weighted by molar-refractivity contribution is -0.120. The number of hydrogen-bond donors (Lipinski definition) is 1. The molecule has 164 valence electrons. The SMILES string of the molecule is O=C(Nc1ccc(N2CCCN(C(=O)c3ccccc3F)CC2)nc1)C1CCCCC1. The lowest BCUT2D eigenvalue weighted by Crippen LogP contribution is -2.35. The van der Waals surface area contributed by atoms with Gasteiger partial charge in [0.2, 0.25) is 5.91 Å². The van der Waals surface area contributed by atoms with Crippen molar-refractivity contribution >= 4 is 23.3 Å². The number of nitrogens with one attached hydrogen (secondary N) is 1. The normalized spacial score (nSPS) is 17.8. The number of anilines is 2. The van der Waals surface area contributed by atoms with Gasteiger partial charge in [-0.25, -0.2) is 9.37 Å². The zero-order valence-corrected chi connectivity index (χ0v) is 17.7. The Hall–Kier alpha value is -2.96. The van der Waals surface area contributed by atoms with Crippen LogP contribution in [0.4, 0.5) is 15.9 Å². The lowest BCUT2D eigenvalue weighted by atomic mass is 9.88. The van der Waals surface area contributed by atoms with Crippen LogP contribution in [-0.4, -0.2) is 47.9 Å². The maximum atomic E-state index is 14.0. The van der Waals surface area contributed by atoms with Crippen molar-refractivity contribution in [1.82, 2.24) is 9.88 Å². The molecule has 1 N–H and O–H groups in total. The van der Waals surface area contributed by atoms with Gasteiger partial charge in [0.15, 0.2) is 0 Å². The van der Waals surface area contributed by atoms with Crippen LogP contribution in [0.25, 0.3) is 0 Å². The van der Waals surface area contributed by atoms with Crippen molar-refractivity contribution in [1.29, 1.82) is 0 Å². The van der Waals surface area contributed by atoms with Crippen molar-refractivity contribution in [2.45, 2.75) is 38.5 Å². The average molecular weight is 425 g/mol. The fourth-order valence-corrected chi connectivity index (χ4v) is 4.41. The molecule has 0 unspecified atom stereocenters. The van der Waals surface area contributed by atoms with Crippen LogP contribution in [0.3, 0.4) is 0 Å². The number of carbonyl (C=O) groups is 2. The molecule has 1 aromatic heterocycles. The molecule has 0 atom stereocenters. The lowest BCUT2D eigenvalue weighted by Gasteiger charge is -2.23. The van der Waals surface area contributed by atoms with Gasteiger partial charge < -0.3 is 15.1 Å². The summed E-state index contributed by atoms with van der Waals surface area (Å²) in [6.07, 6.45) is 7.88. The highest BCUT2D eigenvalue weighted by molar-refractivity contribution is 5.94. The van der Waals surface area contributed by atoms with Crippen LogP contribution in [0.5, 0.6) is 0 Å². The monoisotopic (exact) mass is 424 g/mol. The third-order valence-electron chi connectivity index (χ3n) is 6.20. The van der Waals surface area contributed by atoms with Gasteiger partial charge in [-0.3, -0.25) is 9.59 Å². The summed E-state index contributed by atoms with van der Waals surface area (Å²) in [6, 6.07) is 9.90. The fourth-order valence-electron chi connectivity index (χ4n) is 4.41. The van der Waals surface area contributed by atoms with Gasteiger partial charge in [-0.2, -0.15) is 0 Å². The number of pyridine rings is 1. The van der Waals surface area contributed by atoms with Gasteiger partial charge >= 0.3 is 0 Å². The Balaban J connectivity index is 1.34. The van der Waals surface area contributed by atoms with E-state index in [4.69, 9.17) is 0 Å². The van der Waals surface area contributed by atoms with Gasteiger partial charge in [0.1, 0.15) is 11.6 Å². The van der Waals surface area contributed by atoms with E-state index in [1.807, 2.05) is 12.1 Å². The second-order valence-electron chi connectivity index (χ2n) is 8.34. The summed E-state index contributed by atoms with van der Waals surface area (Å²) in [7, 11) is 0. The molecule has 2 amide bonds. The van der Waals surface area contributed by atoms with E-state index in [1.165, 1.54) is 18.6 Å². The summed E-state index contributed by atoms with van der Waals surface area (Å²) in [5.74, 6) is 0.258. The van der Waals surface area contributed by atoms with Crippen LogP contribution >= 0.6 is 0 Å². The number of nitrogens with zero attached hydrogens (tertiary/aromatic N) is 3. The molecule has 2 aliphatic rings. The largest absolute Gasteiger partial charge is 0.355 e. The van der Waals surface area contributed by atoms with Crippen molar-refractivity contribution < 1.29 is 14.0 Å². The van der Waals surface area contributed by atoms with Crippen LogP contribution < -0.4 is 10.2 Å². The molecule has 4 rings (SSSR count). The average Bonchev–Trinajstić information content (AvgIpc) is 3.06. The molecule has 1 saturated carbocycles. The van der Waals surface area contributed by atoms with Crippen molar-refractivity contribution in [3.05, 3.63) is 54.0 Å². The molecule has 31 heavy (non-hydrogen) atoms. The molecule has 1 aliphatic heterocycles. The maximum Gasteiger partial charge on any atom is 0.256 e. The molecule has 1 aromatic carbocycles. The zero-order chi connectivity index (χ0) is 21.6. The molecular weight excluding hydrogens is 395 g/mol. The first kappa shape index (κ1) is 21.3. The van der Waals surface area contributed by atoms with Gasteiger partial charge in [0, 0.05) is 32.1 Å². The van der Waals surface area contributed by atoms with E-state index >= 15 is 0 Å². The van der Waals surface area contributed by atoms with E-state index in [0.29, 0.717) is 25.3 Å². The van der Waals surface area contributed by atoms with Gasteiger partial charge in [0.05, 0.1) is 17.4 Å². The molecule has 2 aromatic rings. The van der Waals surface area contributed by atoms with E-state index in [2.05, 4.69) is 15.2 Å². The van der Waals surface area contributed by atoms with Crippen LogP contribution in [-0.2, 0) is 4.79 Å². The Morgan fingerprint density at radius 1 is 0.935 bits per heavy atom. The van der Waals surface area contributed by atoms with Crippen molar-refractivity contribution in [2.75, 3.05) is 36.4 Å². The van der Waals surface area contributed by atoms with Crippen molar-refractivity contribution in [3.8, 4) is 0 Å². The topological polar surface area (TPSA) is 65.5 Å². The minimum atomic E-state index is -0.485. The van der Waals surface area contributed by atoms with E-state index in [-0.39, 0.29) is 23.3 Å². The molecule has 2 fully saturated rings. The van der Waals surface area contributed by atoms with Gasteiger partial charge in [0.25, 0.3) is 5.91 Å². The molecule has 1 saturated heterocycles. The van der Waals surface area contributed by atoms with E-state index in [1.54, 1.807) is 23.2 Å². The minimum absolute atomic E-state index is 0.0892. The first-order chi connectivity index (χ1) is 15.1. The Kier molecular flexibility index (Phi) is 6.79. The molecular formula is C24H29FN4O2. The van der Waals surface area contributed by atoms with Gasteiger partial charge in [-0.05, 0) is 43.5 Å². The van der Waals surface area contributed by atoms with Crippen molar-refractivity contribution in [3.63, 3.8) is 0 Å². The Bertz CT molecular complexity index is 912. The minimum Gasteiger partial charge on any atom is -0.355 e. The summed E-state index contributed by atoms with van der Waals surface area (Å²) in [5, 5.41) is 2.99. The van der Waals surface area contributed by atoms with Gasteiger partial charge in [-0.1, -0.05) is 31.4 Å². The standard InChI is InChI=1S/C24H29FN4O2/c25-21-10-5-4-9-20(21)24(31)29-14-6-13-28(15-16-29)22-12-11-19(17-26-22)27-23(30)18-7-2-1-3-8-18/h4-5,9-12,17-18H,1-3,6-8,13-16H2,(H,27,30). The van der Waals surface area contributed by atoms with Crippen LogP contribution in [0.15, 0.2) is 42.6 Å². The first-order valence-corrected chi connectivity index (χ1v) is 11.2. The molecule has 2 heterocycles. The number of carbonyl (C=O) groups excluding carboxylic acids is 2. The van der Waals surface area contributed by atoms with Crippen LogP contribution in [0, 0.1) is 11.7 Å². The second-order valence-corrected chi connectivity index (χ2v) is 8.34. The second kappa shape index (κ2) is 9.90. The first-order valence-electron chi connectivity index (χ1n) is 11.2. The molecule has 0 bridgehead atoms. The number of halogens is 1. The quantitative estimate of drug-likeness (QED) is 0.803. The predicted molar refractivity (Wildman–Crippen MR) is 119 cm³/mol. The fraction of sp³-hybridized carbons (Fsp3) is 0.458. The third-order valence-corrected chi connectivity index (χ3v) is 6.20. The summed E-state index contributed by atoms with van der Waals surface area (Å²) < 4.78 is 14.0. The van der Waals surface area contributed by atoms with E-state index in [9.17, 15) is 14.0 Å². The summed E-state index contributed by atoms with van der Waals surface area (Å²) >= 11 is 0. The molecule has 0 spiro atoms.